The third-order valence-corrected chi connectivity index (χ3v) is 14.0. The van der Waals surface area contributed by atoms with Gasteiger partial charge >= 0.3 is 0 Å². The summed E-state index contributed by atoms with van der Waals surface area (Å²) in [5, 5.41) is 4.91. The first-order valence-corrected chi connectivity index (χ1v) is 21.3. The number of benzene rings is 8. The molecule has 0 radical (unpaired) electrons. The number of anilines is 3. The van der Waals surface area contributed by atoms with Gasteiger partial charge in [-0.25, -0.2) is 0 Å². The second-order valence-corrected chi connectivity index (χ2v) is 18.8. The van der Waals surface area contributed by atoms with Crippen molar-refractivity contribution in [1.82, 2.24) is 4.57 Å². The van der Waals surface area contributed by atoms with Gasteiger partial charge in [0, 0.05) is 32.9 Å². The van der Waals surface area contributed by atoms with E-state index in [-0.39, 0.29) is 16.2 Å². The molecule has 0 amide bonds. The number of rotatable bonds is 5. The van der Waals surface area contributed by atoms with Crippen molar-refractivity contribution in [2.75, 3.05) is 4.90 Å². The maximum Gasteiger partial charge on any atom is 0.0562 e. The van der Waals surface area contributed by atoms with Crippen LogP contribution in [0.5, 0.6) is 0 Å². The summed E-state index contributed by atoms with van der Waals surface area (Å²) >= 11 is 0. The Kier molecular flexibility index (Phi) is 7.76. The zero-order valence-electron chi connectivity index (χ0n) is 35.0. The standard InChI is InChI=1S/C57H50N2/c1-55(2)31-32-56(3,4)49-36-47-45(35-48(49)55)44-34-38(28-30-46(44)57(47,5)6)37-27-29-42-39(33-37)17-15-24-50(42)58(40-18-9-7-10-19-40)52-25-16-26-53-54(52)43-22-13-14-23-51(43)59(53)41-20-11-8-12-21-41/h7-30,33-36H,31-32H2,1-6H3. The molecule has 0 bridgehead atoms. The Morgan fingerprint density at radius 1 is 0.441 bits per heavy atom. The molecule has 1 aromatic heterocycles. The van der Waals surface area contributed by atoms with Gasteiger partial charge in [-0.3, -0.25) is 0 Å². The van der Waals surface area contributed by atoms with E-state index >= 15 is 0 Å². The average molecular weight is 763 g/mol. The zero-order valence-corrected chi connectivity index (χ0v) is 35.0. The summed E-state index contributed by atoms with van der Waals surface area (Å²) in [5.41, 5.74) is 18.6. The monoisotopic (exact) mass is 762 g/mol. The van der Waals surface area contributed by atoms with Gasteiger partial charge in [0.1, 0.15) is 0 Å². The molecule has 0 fully saturated rings. The van der Waals surface area contributed by atoms with Crippen molar-refractivity contribution in [3.63, 3.8) is 0 Å². The normalized spacial score (nSPS) is 15.9. The lowest BCUT2D eigenvalue weighted by atomic mass is 9.62. The number of hydrogen-bond acceptors (Lipinski definition) is 1. The smallest absolute Gasteiger partial charge is 0.0562 e. The van der Waals surface area contributed by atoms with Crippen LogP contribution in [0.2, 0.25) is 0 Å². The molecule has 0 spiro atoms. The van der Waals surface area contributed by atoms with Crippen molar-refractivity contribution < 1.29 is 0 Å². The Morgan fingerprint density at radius 2 is 1.05 bits per heavy atom. The second-order valence-electron chi connectivity index (χ2n) is 18.8. The quantitative estimate of drug-likeness (QED) is 0.170. The van der Waals surface area contributed by atoms with Crippen LogP contribution in [-0.4, -0.2) is 4.57 Å². The predicted octanol–water partition coefficient (Wildman–Crippen LogP) is 15.7. The molecule has 2 nitrogen and oxygen atoms in total. The van der Waals surface area contributed by atoms with E-state index in [1.807, 2.05) is 0 Å². The highest BCUT2D eigenvalue weighted by Gasteiger charge is 2.42. The summed E-state index contributed by atoms with van der Waals surface area (Å²) in [6.45, 7) is 14.6. The van der Waals surface area contributed by atoms with Crippen LogP contribution in [0.4, 0.5) is 17.1 Å². The lowest BCUT2D eigenvalue weighted by Crippen LogP contribution is -2.34. The fourth-order valence-corrected chi connectivity index (χ4v) is 10.7. The summed E-state index contributed by atoms with van der Waals surface area (Å²) < 4.78 is 2.40. The molecular formula is C57H50N2. The molecule has 0 atom stereocenters. The van der Waals surface area contributed by atoms with Crippen molar-refractivity contribution in [1.29, 1.82) is 0 Å². The fraction of sp³-hybridized carbons (Fsp3) is 0.193. The summed E-state index contributed by atoms with van der Waals surface area (Å²) in [6.07, 6.45) is 2.44. The van der Waals surface area contributed by atoms with Crippen LogP contribution in [0.25, 0.3) is 60.5 Å². The average Bonchev–Trinajstić information content (AvgIpc) is 3.71. The number of fused-ring (bicyclic) bond motifs is 8. The molecular weight excluding hydrogens is 713 g/mol. The minimum atomic E-state index is -0.0503. The van der Waals surface area contributed by atoms with E-state index in [0.717, 1.165) is 22.7 Å². The maximum absolute atomic E-state index is 2.58. The van der Waals surface area contributed by atoms with E-state index in [9.17, 15) is 0 Å². The lowest BCUT2D eigenvalue weighted by molar-refractivity contribution is 0.331. The SMILES string of the molecule is CC1(C)CCC(C)(C)c2cc3c(cc21)-c1cc(-c2ccc4c(N(c5ccccc5)c5cccc6c5c5ccccc5n6-c5ccccc5)cccc4c2)ccc1C3(C)C. The third kappa shape index (κ3) is 5.39. The predicted molar refractivity (Wildman–Crippen MR) is 251 cm³/mol. The van der Waals surface area contributed by atoms with E-state index in [1.165, 1.54) is 84.4 Å². The molecule has 2 aliphatic rings. The fourth-order valence-electron chi connectivity index (χ4n) is 10.7. The van der Waals surface area contributed by atoms with Crippen LogP contribution in [0, 0.1) is 0 Å². The van der Waals surface area contributed by atoms with Gasteiger partial charge in [-0.1, -0.05) is 145 Å². The first kappa shape index (κ1) is 35.8. The Balaban J connectivity index is 1.07. The van der Waals surface area contributed by atoms with Crippen molar-refractivity contribution >= 4 is 49.6 Å². The third-order valence-electron chi connectivity index (χ3n) is 14.0. The van der Waals surface area contributed by atoms with Gasteiger partial charge in [0.25, 0.3) is 0 Å². The van der Waals surface area contributed by atoms with Crippen LogP contribution in [-0.2, 0) is 16.2 Å². The second kappa shape index (κ2) is 12.8. The summed E-state index contributed by atoms with van der Waals surface area (Å²) in [6, 6.07) is 63.4. The Labute approximate surface area is 348 Å². The Morgan fingerprint density at radius 3 is 1.83 bits per heavy atom. The van der Waals surface area contributed by atoms with Gasteiger partial charge < -0.3 is 9.47 Å². The van der Waals surface area contributed by atoms with Crippen LogP contribution in [0.3, 0.4) is 0 Å². The molecule has 0 unspecified atom stereocenters. The molecule has 11 rings (SSSR count). The van der Waals surface area contributed by atoms with Crippen LogP contribution >= 0.6 is 0 Å². The van der Waals surface area contributed by atoms with Crippen LogP contribution in [0.1, 0.15) is 76.6 Å². The highest BCUT2D eigenvalue weighted by molar-refractivity contribution is 6.17. The molecule has 9 aromatic rings. The van der Waals surface area contributed by atoms with Crippen LogP contribution < -0.4 is 4.90 Å². The van der Waals surface area contributed by atoms with E-state index in [1.54, 1.807) is 5.56 Å². The molecule has 288 valence electrons. The Hall–Kier alpha value is -6.38. The van der Waals surface area contributed by atoms with Gasteiger partial charge in [0.15, 0.2) is 0 Å². The van der Waals surface area contributed by atoms with Gasteiger partial charge in [-0.2, -0.15) is 0 Å². The molecule has 0 saturated heterocycles. The number of hydrogen-bond donors (Lipinski definition) is 0. The number of nitrogens with zero attached hydrogens (tertiary/aromatic N) is 2. The first-order valence-electron chi connectivity index (χ1n) is 21.3. The highest BCUT2D eigenvalue weighted by Crippen LogP contribution is 2.55. The van der Waals surface area contributed by atoms with Crippen LogP contribution in [0.15, 0.2) is 170 Å². The molecule has 2 aliphatic carbocycles. The van der Waals surface area contributed by atoms with Crippen molar-refractivity contribution in [3.05, 3.63) is 192 Å². The zero-order chi connectivity index (χ0) is 40.3. The Bertz CT molecular complexity index is 3120. The minimum Gasteiger partial charge on any atom is -0.309 e. The lowest BCUT2D eigenvalue weighted by Gasteiger charge is -2.42. The highest BCUT2D eigenvalue weighted by atomic mass is 15.1. The minimum absolute atomic E-state index is 0.0503. The van der Waals surface area contributed by atoms with Gasteiger partial charge in [0.05, 0.1) is 22.4 Å². The summed E-state index contributed by atoms with van der Waals surface area (Å²) in [7, 11) is 0. The molecule has 0 saturated carbocycles. The van der Waals surface area contributed by atoms with Crippen molar-refractivity contribution in [2.45, 2.75) is 70.6 Å². The first-order chi connectivity index (χ1) is 28.5. The van der Waals surface area contributed by atoms with Gasteiger partial charge in [-0.05, 0) is 140 Å². The van der Waals surface area contributed by atoms with Crippen molar-refractivity contribution in [2.24, 2.45) is 0 Å². The van der Waals surface area contributed by atoms with E-state index in [2.05, 4.69) is 221 Å². The molecule has 2 heteroatoms. The molecule has 1 heterocycles. The van der Waals surface area contributed by atoms with E-state index < -0.39 is 0 Å². The molecule has 59 heavy (non-hydrogen) atoms. The number of aromatic nitrogens is 1. The number of para-hydroxylation sites is 3. The molecule has 0 aliphatic heterocycles. The molecule has 8 aromatic carbocycles. The summed E-state index contributed by atoms with van der Waals surface area (Å²) in [4.78, 5) is 2.46. The van der Waals surface area contributed by atoms with Crippen molar-refractivity contribution in [3.8, 4) is 27.9 Å². The van der Waals surface area contributed by atoms with Gasteiger partial charge in [-0.15, -0.1) is 0 Å². The summed E-state index contributed by atoms with van der Waals surface area (Å²) in [5.74, 6) is 0. The topological polar surface area (TPSA) is 8.17 Å². The van der Waals surface area contributed by atoms with E-state index in [4.69, 9.17) is 0 Å². The van der Waals surface area contributed by atoms with Gasteiger partial charge in [0.2, 0.25) is 0 Å². The maximum atomic E-state index is 2.58. The largest absolute Gasteiger partial charge is 0.309 e. The molecule has 0 N–H and O–H groups in total. The van der Waals surface area contributed by atoms with E-state index in [0.29, 0.717) is 0 Å².